The van der Waals surface area contributed by atoms with Gasteiger partial charge in [-0.1, -0.05) is 47.1 Å². The van der Waals surface area contributed by atoms with Crippen LogP contribution in [0.25, 0.3) is 10.9 Å². The summed E-state index contributed by atoms with van der Waals surface area (Å²) in [6.45, 7) is 0. The van der Waals surface area contributed by atoms with E-state index in [1.165, 1.54) is 22.4 Å². The monoisotopic (exact) mass is 378 g/mol. The third-order valence-electron chi connectivity index (χ3n) is 3.51. The van der Waals surface area contributed by atoms with Crippen LogP contribution in [0, 0.1) is 0 Å². The Labute approximate surface area is 152 Å². The van der Waals surface area contributed by atoms with Crippen LogP contribution in [-0.2, 0) is 7.05 Å². The number of thioether (sulfide) groups is 1. The number of nitrogens with zero attached hydrogens (tertiary/aromatic N) is 2. The van der Waals surface area contributed by atoms with E-state index < -0.39 is 0 Å². The van der Waals surface area contributed by atoms with Crippen molar-refractivity contribution in [1.29, 1.82) is 0 Å². The van der Waals surface area contributed by atoms with Crippen LogP contribution in [0.3, 0.4) is 0 Å². The maximum absolute atomic E-state index is 12.3. The van der Waals surface area contributed by atoms with Gasteiger partial charge in [-0.15, -0.1) is 0 Å². The van der Waals surface area contributed by atoms with Crippen molar-refractivity contribution in [1.82, 2.24) is 9.55 Å². The first-order valence-corrected chi connectivity index (χ1v) is 8.78. The van der Waals surface area contributed by atoms with Gasteiger partial charge in [-0.25, -0.2) is 4.98 Å². The second-order valence-corrected chi connectivity index (χ2v) is 6.90. The SMILES string of the molecule is Cn1c(SCC(=O)c2ccc(Cl)cc2Cl)nc2ccccc2c1=O. The lowest BCUT2D eigenvalue weighted by Crippen LogP contribution is -2.20. The molecule has 1 aromatic heterocycles. The average molecular weight is 379 g/mol. The Morgan fingerprint density at radius 1 is 1.21 bits per heavy atom. The molecular weight excluding hydrogens is 367 g/mol. The van der Waals surface area contributed by atoms with Gasteiger partial charge in [0.2, 0.25) is 0 Å². The minimum absolute atomic E-state index is 0.125. The number of hydrogen-bond donors (Lipinski definition) is 0. The highest BCUT2D eigenvalue weighted by atomic mass is 35.5. The molecule has 3 aromatic rings. The Hall–Kier alpha value is -1.82. The summed E-state index contributed by atoms with van der Waals surface area (Å²) in [5, 5.41) is 1.82. The molecule has 0 radical (unpaired) electrons. The molecular formula is C17H12Cl2N2O2S. The van der Waals surface area contributed by atoms with Gasteiger partial charge in [0.15, 0.2) is 10.9 Å². The van der Waals surface area contributed by atoms with E-state index in [1.807, 2.05) is 6.07 Å². The van der Waals surface area contributed by atoms with E-state index in [9.17, 15) is 9.59 Å². The van der Waals surface area contributed by atoms with E-state index in [0.717, 1.165) is 0 Å². The Morgan fingerprint density at radius 2 is 1.96 bits per heavy atom. The number of Topliss-reactive ketones (excluding diaryl/α,β-unsaturated/α-hetero) is 1. The standard InChI is InChI=1S/C17H12Cl2N2O2S/c1-21-16(23)12-4-2-3-5-14(12)20-17(21)24-9-15(22)11-7-6-10(18)8-13(11)19/h2-8H,9H2,1H3. The van der Waals surface area contributed by atoms with Crippen molar-refractivity contribution in [2.24, 2.45) is 7.05 Å². The van der Waals surface area contributed by atoms with E-state index in [1.54, 1.807) is 37.4 Å². The number of carbonyl (C=O) groups excluding carboxylic acids is 1. The number of rotatable bonds is 4. The molecule has 2 aromatic carbocycles. The Kier molecular flexibility index (Phi) is 4.94. The van der Waals surface area contributed by atoms with Crippen LogP contribution in [0.4, 0.5) is 0 Å². The smallest absolute Gasteiger partial charge is 0.261 e. The summed E-state index contributed by atoms with van der Waals surface area (Å²) in [5.41, 5.74) is 0.875. The summed E-state index contributed by atoms with van der Waals surface area (Å²) in [6.07, 6.45) is 0. The first kappa shape index (κ1) is 17.0. The van der Waals surface area contributed by atoms with E-state index in [0.29, 0.717) is 31.7 Å². The van der Waals surface area contributed by atoms with Crippen molar-refractivity contribution < 1.29 is 4.79 Å². The topological polar surface area (TPSA) is 52.0 Å². The fourth-order valence-electron chi connectivity index (χ4n) is 2.25. The van der Waals surface area contributed by atoms with Gasteiger partial charge in [0, 0.05) is 17.6 Å². The minimum Gasteiger partial charge on any atom is -0.293 e. The Balaban J connectivity index is 1.87. The second-order valence-electron chi connectivity index (χ2n) is 5.11. The molecule has 1 heterocycles. The normalized spacial score (nSPS) is 11.0. The van der Waals surface area contributed by atoms with Crippen molar-refractivity contribution in [3.05, 3.63) is 68.4 Å². The summed E-state index contributed by atoms with van der Waals surface area (Å²) >= 11 is 13.1. The third kappa shape index (κ3) is 3.34. The fraction of sp³-hybridized carbons (Fsp3) is 0.118. The molecule has 0 aliphatic rings. The second kappa shape index (κ2) is 6.97. The van der Waals surface area contributed by atoms with Crippen LogP contribution < -0.4 is 5.56 Å². The summed E-state index contributed by atoms with van der Waals surface area (Å²) in [6, 6.07) is 11.9. The molecule has 0 aliphatic heterocycles. The number of carbonyl (C=O) groups is 1. The summed E-state index contributed by atoms with van der Waals surface area (Å²) in [7, 11) is 1.64. The van der Waals surface area contributed by atoms with E-state index in [4.69, 9.17) is 23.2 Å². The lowest BCUT2D eigenvalue weighted by Gasteiger charge is -2.09. The molecule has 122 valence electrons. The molecule has 0 fully saturated rings. The molecule has 0 saturated heterocycles. The highest BCUT2D eigenvalue weighted by molar-refractivity contribution is 7.99. The highest BCUT2D eigenvalue weighted by Gasteiger charge is 2.14. The van der Waals surface area contributed by atoms with Crippen molar-refractivity contribution >= 4 is 51.6 Å². The number of hydrogen-bond acceptors (Lipinski definition) is 4. The zero-order valence-electron chi connectivity index (χ0n) is 12.6. The van der Waals surface area contributed by atoms with Crippen LogP contribution in [-0.4, -0.2) is 21.1 Å². The van der Waals surface area contributed by atoms with Gasteiger partial charge in [0.1, 0.15) is 0 Å². The van der Waals surface area contributed by atoms with Gasteiger partial charge in [0.25, 0.3) is 5.56 Å². The minimum atomic E-state index is -0.149. The first-order valence-electron chi connectivity index (χ1n) is 7.04. The van der Waals surface area contributed by atoms with Crippen molar-refractivity contribution in [3.8, 4) is 0 Å². The van der Waals surface area contributed by atoms with Crippen LogP contribution in [0.5, 0.6) is 0 Å². The quantitative estimate of drug-likeness (QED) is 0.387. The summed E-state index contributed by atoms with van der Waals surface area (Å²) < 4.78 is 1.45. The number of fused-ring (bicyclic) bond motifs is 1. The van der Waals surface area contributed by atoms with Gasteiger partial charge in [-0.05, 0) is 30.3 Å². The molecule has 0 atom stereocenters. The first-order chi connectivity index (χ1) is 11.5. The lowest BCUT2D eigenvalue weighted by atomic mass is 10.1. The molecule has 0 aliphatic carbocycles. The molecule has 0 N–H and O–H groups in total. The third-order valence-corrected chi connectivity index (χ3v) is 5.08. The van der Waals surface area contributed by atoms with Gasteiger partial charge < -0.3 is 0 Å². The highest BCUT2D eigenvalue weighted by Crippen LogP contribution is 2.24. The van der Waals surface area contributed by atoms with Gasteiger partial charge in [-0.2, -0.15) is 0 Å². The largest absolute Gasteiger partial charge is 0.293 e. The van der Waals surface area contributed by atoms with Gasteiger partial charge in [0.05, 0.1) is 21.7 Å². The van der Waals surface area contributed by atoms with Crippen molar-refractivity contribution in [3.63, 3.8) is 0 Å². The van der Waals surface area contributed by atoms with Gasteiger partial charge >= 0.3 is 0 Å². The maximum Gasteiger partial charge on any atom is 0.261 e. The predicted octanol–water partition coefficient (Wildman–Crippen LogP) is 4.22. The zero-order valence-corrected chi connectivity index (χ0v) is 15.0. The van der Waals surface area contributed by atoms with Crippen LogP contribution in [0.1, 0.15) is 10.4 Å². The molecule has 0 unspecified atom stereocenters. The number of para-hydroxylation sites is 1. The average Bonchev–Trinajstić information content (AvgIpc) is 2.56. The molecule has 0 amide bonds. The Morgan fingerprint density at radius 3 is 2.71 bits per heavy atom. The number of ketones is 1. The van der Waals surface area contributed by atoms with E-state index >= 15 is 0 Å². The zero-order chi connectivity index (χ0) is 17.3. The number of benzene rings is 2. The summed E-state index contributed by atoms with van der Waals surface area (Å²) in [4.78, 5) is 29.1. The molecule has 3 rings (SSSR count). The molecule has 0 saturated carbocycles. The molecule has 0 bridgehead atoms. The van der Waals surface area contributed by atoms with E-state index in [2.05, 4.69) is 4.98 Å². The van der Waals surface area contributed by atoms with E-state index in [-0.39, 0.29) is 17.1 Å². The van der Waals surface area contributed by atoms with Gasteiger partial charge in [-0.3, -0.25) is 14.2 Å². The molecule has 7 heteroatoms. The number of aromatic nitrogens is 2. The van der Waals surface area contributed by atoms with Crippen molar-refractivity contribution in [2.75, 3.05) is 5.75 Å². The summed E-state index contributed by atoms with van der Waals surface area (Å²) in [5.74, 6) is -0.0240. The van der Waals surface area contributed by atoms with Crippen LogP contribution >= 0.6 is 35.0 Å². The molecule has 0 spiro atoms. The maximum atomic E-state index is 12.3. The fourth-order valence-corrected chi connectivity index (χ4v) is 3.62. The number of halogens is 2. The molecule has 4 nitrogen and oxygen atoms in total. The van der Waals surface area contributed by atoms with Crippen LogP contribution in [0.2, 0.25) is 10.0 Å². The predicted molar refractivity (Wildman–Crippen MR) is 98.5 cm³/mol. The lowest BCUT2D eigenvalue weighted by molar-refractivity contribution is 0.102. The Bertz CT molecular complexity index is 1000. The molecule has 24 heavy (non-hydrogen) atoms. The van der Waals surface area contributed by atoms with Crippen molar-refractivity contribution in [2.45, 2.75) is 5.16 Å². The van der Waals surface area contributed by atoms with Crippen LogP contribution in [0.15, 0.2) is 52.4 Å².